The van der Waals surface area contributed by atoms with E-state index in [1.807, 2.05) is 30.3 Å². The van der Waals surface area contributed by atoms with E-state index >= 15 is 0 Å². The van der Waals surface area contributed by atoms with Gasteiger partial charge in [-0.1, -0.05) is 30.3 Å². The second-order valence-electron chi connectivity index (χ2n) is 6.32. The number of benzene rings is 3. The predicted octanol–water partition coefficient (Wildman–Crippen LogP) is 5.31. The number of methoxy groups -OCH3 is 3. The maximum absolute atomic E-state index is 12.8. The van der Waals surface area contributed by atoms with E-state index in [9.17, 15) is 4.79 Å². The number of carbonyl (C=O) groups is 1. The number of halogens is 1. The molecule has 0 aromatic heterocycles. The summed E-state index contributed by atoms with van der Waals surface area (Å²) in [6.07, 6.45) is 0. The van der Waals surface area contributed by atoms with Crippen LogP contribution in [0, 0.1) is 0 Å². The SMILES string of the molecule is COc1cc(NC(=O)c2cc(Br)c(OCc3ccccc3)c(OC)c2)cc(OC)c1. The van der Waals surface area contributed by atoms with Crippen LogP contribution in [0.4, 0.5) is 5.69 Å². The first kappa shape index (κ1) is 21.5. The third-order valence-corrected chi connectivity index (χ3v) is 4.92. The highest BCUT2D eigenvalue weighted by molar-refractivity contribution is 9.10. The molecule has 0 saturated carbocycles. The van der Waals surface area contributed by atoms with E-state index in [-0.39, 0.29) is 5.91 Å². The van der Waals surface area contributed by atoms with E-state index in [2.05, 4.69) is 21.2 Å². The van der Waals surface area contributed by atoms with E-state index in [0.717, 1.165) is 5.56 Å². The number of hydrogen-bond donors (Lipinski definition) is 1. The van der Waals surface area contributed by atoms with Gasteiger partial charge in [0, 0.05) is 29.4 Å². The lowest BCUT2D eigenvalue weighted by Gasteiger charge is -2.15. The van der Waals surface area contributed by atoms with Crippen molar-refractivity contribution in [1.29, 1.82) is 0 Å². The third-order valence-electron chi connectivity index (χ3n) is 4.33. The molecule has 0 aliphatic heterocycles. The summed E-state index contributed by atoms with van der Waals surface area (Å²) < 4.78 is 22.5. The molecule has 3 aromatic rings. The molecule has 0 unspecified atom stereocenters. The molecule has 0 fully saturated rings. The Labute approximate surface area is 183 Å². The number of hydrogen-bond acceptors (Lipinski definition) is 5. The molecule has 0 aliphatic rings. The molecule has 3 rings (SSSR count). The van der Waals surface area contributed by atoms with Crippen molar-refractivity contribution in [1.82, 2.24) is 0 Å². The first-order valence-corrected chi connectivity index (χ1v) is 9.92. The minimum absolute atomic E-state index is 0.307. The Morgan fingerprint density at radius 3 is 2.17 bits per heavy atom. The summed E-state index contributed by atoms with van der Waals surface area (Å²) in [6, 6.07) is 18.3. The molecular weight excluding hydrogens is 450 g/mol. The highest BCUT2D eigenvalue weighted by Crippen LogP contribution is 2.37. The molecule has 6 nitrogen and oxygen atoms in total. The summed E-state index contributed by atoms with van der Waals surface area (Å²) in [7, 11) is 4.64. The molecule has 0 radical (unpaired) electrons. The zero-order chi connectivity index (χ0) is 21.5. The second-order valence-corrected chi connectivity index (χ2v) is 7.17. The van der Waals surface area contributed by atoms with Gasteiger partial charge >= 0.3 is 0 Å². The number of ether oxygens (including phenoxy) is 4. The predicted molar refractivity (Wildman–Crippen MR) is 119 cm³/mol. The van der Waals surface area contributed by atoms with Gasteiger partial charge in [0.1, 0.15) is 18.1 Å². The first-order valence-electron chi connectivity index (χ1n) is 9.12. The minimum atomic E-state index is -0.307. The van der Waals surface area contributed by atoms with Crippen LogP contribution >= 0.6 is 15.9 Å². The van der Waals surface area contributed by atoms with Crippen LogP contribution in [0.15, 0.2) is 65.1 Å². The fourth-order valence-electron chi connectivity index (χ4n) is 2.80. The molecule has 156 valence electrons. The van der Waals surface area contributed by atoms with Gasteiger partial charge in [0.25, 0.3) is 5.91 Å². The lowest BCUT2D eigenvalue weighted by molar-refractivity contribution is 0.102. The van der Waals surface area contributed by atoms with Crippen LogP contribution in [-0.4, -0.2) is 27.2 Å². The molecule has 0 bridgehead atoms. The van der Waals surface area contributed by atoms with Gasteiger partial charge in [-0.25, -0.2) is 0 Å². The second kappa shape index (κ2) is 10.0. The van der Waals surface area contributed by atoms with Gasteiger partial charge in [0.2, 0.25) is 0 Å². The standard InChI is InChI=1S/C23H22BrNO5/c1-27-18-11-17(12-19(13-18)28-2)25-23(26)16-9-20(24)22(21(10-16)29-3)30-14-15-7-5-4-6-8-15/h4-13H,14H2,1-3H3,(H,25,26). The maximum Gasteiger partial charge on any atom is 0.255 e. The Hall–Kier alpha value is -3.19. The molecular formula is C23H22BrNO5. The molecule has 0 aliphatic carbocycles. The summed E-state index contributed by atoms with van der Waals surface area (Å²) in [6.45, 7) is 0.380. The van der Waals surface area contributed by atoms with Crippen LogP contribution < -0.4 is 24.3 Å². The summed E-state index contributed by atoms with van der Waals surface area (Å²) in [5.74, 6) is 1.83. The average Bonchev–Trinajstić information content (AvgIpc) is 2.78. The molecule has 0 heterocycles. The van der Waals surface area contributed by atoms with Gasteiger partial charge in [0.05, 0.1) is 25.8 Å². The topological polar surface area (TPSA) is 66.0 Å². The number of anilines is 1. The molecule has 1 N–H and O–H groups in total. The van der Waals surface area contributed by atoms with Crippen molar-refractivity contribution >= 4 is 27.5 Å². The van der Waals surface area contributed by atoms with E-state index in [4.69, 9.17) is 18.9 Å². The number of amides is 1. The van der Waals surface area contributed by atoms with Gasteiger partial charge in [-0.2, -0.15) is 0 Å². The van der Waals surface area contributed by atoms with E-state index in [0.29, 0.717) is 45.3 Å². The average molecular weight is 472 g/mol. The van der Waals surface area contributed by atoms with Crippen molar-refractivity contribution in [2.75, 3.05) is 26.6 Å². The third kappa shape index (κ3) is 5.24. The van der Waals surface area contributed by atoms with E-state index in [1.54, 1.807) is 44.6 Å². The Morgan fingerprint density at radius 1 is 0.900 bits per heavy atom. The van der Waals surface area contributed by atoms with Crippen molar-refractivity contribution in [2.45, 2.75) is 6.61 Å². The summed E-state index contributed by atoms with van der Waals surface area (Å²) in [4.78, 5) is 12.8. The number of nitrogens with one attached hydrogen (secondary N) is 1. The van der Waals surface area contributed by atoms with Crippen molar-refractivity contribution in [3.63, 3.8) is 0 Å². The van der Waals surface area contributed by atoms with E-state index in [1.165, 1.54) is 7.11 Å². The number of carbonyl (C=O) groups excluding carboxylic acids is 1. The largest absolute Gasteiger partial charge is 0.497 e. The van der Waals surface area contributed by atoms with Crippen LogP contribution in [0.1, 0.15) is 15.9 Å². The first-order chi connectivity index (χ1) is 14.5. The Bertz CT molecular complexity index is 1000. The van der Waals surface area contributed by atoms with Crippen LogP contribution in [0.2, 0.25) is 0 Å². The van der Waals surface area contributed by atoms with E-state index < -0.39 is 0 Å². The molecule has 7 heteroatoms. The normalized spacial score (nSPS) is 10.3. The summed E-state index contributed by atoms with van der Waals surface area (Å²) in [5.41, 5.74) is 1.99. The molecule has 0 spiro atoms. The highest BCUT2D eigenvalue weighted by atomic mass is 79.9. The van der Waals surface area contributed by atoms with Crippen molar-refractivity contribution in [3.05, 3.63) is 76.3 Å². The van der Waals surface area contributed by atoms with Gasteiger partial charge in [-0.15, -0.1) is 0 Å². The van der Waals surface area contributed by atoms with Gasteiger partial charge in [0.15, 0.2) is 11.5 Å². The highest BCUT2D eigenvalue weighted by Gasteiger charge is 2.17. The monoisotopic (exact) mass is 471 g/mol. The van der Waals surface area contributed by atoms with Crippen LogP contribution in [0.5, 0.6) is 23.0 Å². The quantitative estimate of drug-likeness (QED) is 0.482. The molecule has 1 amide bonds. The zero-order valence-corrected chi connectivity index (χ0v) is 18.5. The van der Waals surface area contributed by atoms with Crippen molar-refractivity contribution in [2.24, 2.45) is 0 Å². The number of rotatable bonds is 8. The van der Waals surface area contributed by atoms with Crippen molar-refractivity contribution < 1.29 is 23.7 Å². The molecule has 0 atom stereocenters. The lowest BCUT2D eigenvalue weighted by Crippen LogP contribution is -2.12. The smallest absolute Gasteiger partial charge is 0.255 e. The van der Waals surface area contributed by atoms with Crippen LogP contribution in [0.25, 0.3) is 0 Å². The Balaban J connectivity index is 1.81. The Kier molecular flexibility index (Phi) is 7.19. The Morgan fingerprint density at radius 2 is 1.57 bits per heavy atom. The fraction of sp³-hybridized carbons (Fsp3) is 0.174. The fourth-order valence-corrected chi connectivity index (χ4v) is 3.36. The van der Waals surface area contributed by atoms with Gasteiger partial charge < -0.3 is 24.3 Å². The van der Waals surface area contributed by atoms with Gasteiger partial charge in [-0.05, 0) is 33.6 Å². The molecule has 0 saturated heterocycles. The maximum atomic E-state index is 12.8. The lowest BCUT2D eigenvalue weighted by atomic mass is 10.1. The van der Waals surface area contributed by atoms with Crippen LogP contribution in [0.3, 0.4) is 0 Å². The molecule has 3 aromatic carbocycles. The van der Waals surface area contributed by atoms with Gasteiger partial charge in [-0.3, -0.25) is 4.79 Å². The summed E-state index contributed by atoms with van der Waals surface area (Å²) >= 11 is 3.49. The molecule has 30 heavy (non-hydrogen) atoms. The summed E-state index contributed by atoms with van der Waals surface area (Å²) in [5, 5.41) is 2.85. The minimum Gasteiger partial charge on any atom is -0.497 e. The zero-order valence-electron chi connectivity index (χ0n) is 16.9. The van der Waals surface area contributed by atoms with Crippen LogP contribution in [-0.2, 0) is 6.61 Å². The van der Waals surface area contributed by atoms with Crippen molar-refractivity contribution in [3.8, 4) is 23.0 Å².